The van der Waals surface area contributed by atoms with Gasteiger partial charge in [0.05, 0.1) is 0 Å². The fourth-order valence-corrected chi connectivity index (χ4v) is 4.26. The number of halogens is 1. The third-order valence-electron chi connectivity index (χ3n) is 4.32. The van der Waals surface area contributed by atoms with Gasteiger partial charge in [-0.15, -0.1) is 0 Å². The van der Waals surface area contributed by atoms with E-state index in [1.807, 2.05) is 0 Å². The average molecular weight is 371 g/mol. The number of rotatable bonds is 7. The van der Waals surface area contributed by atoms with Gasteiger partial charge in [-0.25, -0.2) is 12.8 Å². The molecule has 1 aromatic rings. The number of benzene rings is 1. The number of nitrogens with one attached hydrogen (secondary N) is 3. The summed E-state index contributed by atoms with van der Waals surface area (Å²) in [6.07, 6.45) is 2.09. The molecule has 3 N–H and O–H groups in total. The number of hydrogen-bond donors (Lipinski definition) is 3. The molecule has 2 atom stereocenters. The van der Waals surface area contributed by atoms with Crippen molar-refractivity contribution in [3.8, 4) is 0 Å². The van der Waals surface area contributed by atoms with E-state index in [1.165, 1.54) is 18.2 Å². The van der Waals surface area contributed by atoms with Crippen molar-refractivity contribution in [3.05, 3.63) is 30.1 Å². The van der Waals surface area contributed by atoms with E-state index in [4.69, 9.17) is 0 Å². The SMILES string of the molecule is CC(C)C(NS(=O)(=O)c1ccccc1F)C(=O)NCC1CCCNC1. The summed E-state index contributed by atoms with van der Waals surface area (Å²) < 4.78 is 41.0. The van der Waals surface area contributed by atoms with Gasteiger partial charge in [0.2, 0.25) is 15.9 Å². The lowest BCUT2D eigenvalue weighted by molar-refractivity contribution is -0.123. The number of sulfonamides is 1. The van der Waals surface area contributed by atoms with Crippen molar-refractivity contribution in [2.24, 2.45) is 11.8 Å². The molecule has 1 aliphatic heterocycles. The molecule has 25 heavy (non-hydrogen) atoms. The summed E-state index contributed by atoms with van der Waals surface area (Å²) in [5.41, 5.74) is 0. The van der Waals surface area contributed by atoms with Crippen LogP contribution in [0.4, 0.5) is 4.39 Å². The van der Waals surface area contributed by atoms with Gasteiger partial charge in [-0.2, -0.15) is 4.72 Å². The number of amides is 1. The van der Waals surface area contributed by atoms with Gasteiger partial charge in [0.25, 0.3) is 0 Å². The first-order valence-corrected chi connectivity index (χ1v) is 10.0. The zero-order valence-corrected chi connectivity index (χ0v) is 15.4. The molecule has 6 nitrogen and oxygen atoms in total. The van der Waals surface area contributed by atoms with Crippen molar-refractivity contribution in [1.29, 1.82) is 0 Å². The predicted octanol–water partition coefficient (Wildman–Crippen LogP) is 1.24. The summed E-state index contributed by atoms with van der Waals surface area (Å²) in [5, 5.41) is 6.09. The summed E-state index contributed by atoms with van der Waals surface area (Å²) in [6.45, 7) is 5.82. The average Bonchev–Trinajstić information content (AvgIpc) is 2.58. The van der Waals surface area contributed by atoms with E-state index < -0.39 is 26.8 Å². The van der Waals surface area contributed by atoms with Crippen LogP contribution in [0.5, 0.6) is 0 Å². The lowest BCUT2D eigenvalue weighted by Gasteiger charge is -2.26. The van der Waals surface area contributed by atoms with Crippen molar-refractivity contribution >= 4 is 15.9 Å². The van der Waals surface area contributed by atoms with Crippen LogP contribution in [-0.2, 0) is 14.8 Å². The Hall–Kier alpha value is -1.51. The van der Waals surface area contributed by atoms with Gasteiger partial charge in [-0.05, 0) is 49.9 Å². The van der Waals surface area contributed by atoms with Crippen LogP contribution in [0.1, 0.15) is 26.7 Å². The van der Waals surface area contributed by atoms with E-state index >= 15 is 0 Å². The summed E-state index contributed by atoms with van der Waals surface area (Å²) >= 11 is 0. The number of hydrogen-bond acceptors (Lipinski definition) is 4. The second kappa shape index (κ2) is 8.73. The van der Waals surface area contributed by atoms with Crippen molar-refractivity contribution < 1.29 is 17.6 Å². The Morgan fingerprint density at radius 3 is 2.68 bits per heavy atom. The van der Waals surface area contributed by atoms with Gasteiger partial charge in [0.15, 0.2) is 0 Å². The first kappa shape index (κ1) is 19.8. The van der Waals surface area contributed by atoms with Crippen molar-refractivity contribution in [3.63, 3.8) is 0 Å². The van der Waals surface area contributed by atoms with Gasteiger partial charge in [-0.1, -0.05) is 26.0 Å². The normalized spacial score (nSPS) is 19.6. The topological polar surface area (TPSA) is 87.3 Å². The van der Waals surface area contributed by atoms with Crippen LogP contribution in [0.25, 0.3) is 0 Å². The Morgan fingerprint density at radius 1 is 1.36 bits per heavy atom. The Kier molecular flexibility index (Phi) is 6.92. The highest BCUT2D eigenvalue weighted by atomic mass is 32.2. The molecule has 0 spiro atoms. The van der Waals surface area contributed by atoms with E-state index in [0.717, 1.165) is 32.0 Å². The van der Waals surface area contributed by atoms with Crippen LogP contribution in [0.3, 0.4) is 0 Å². The maximum Gasteiger partial charge on any atom is 0.244 e. The molecule has 1 amide bonds. The fourth-order valence-electron chi connectivity index (χ4n) is 2.84. The molecule has 1 fully saturated rings. The van der Waals surface area contributed by atoms with Crippen molar-refractivity contribution in [2.45, 2.75) is 37.6 Å². The Balaban J connectivity index is 2.04. The molecule has 1 saturated heterocycles. The summed E-state index contributed by atoms with van der Waals surface area (Å²) in [4.78, 5) is 12.0. The maximum atomic E-state index is 13.8. The van der Waals surface area contributed by atoms with Crippen LogP contribution < -0.4 is 15.4 Å². The van der Waals surface area contributed by atoms with E-state index in [2.05, 4.69) is 15.4 Å². The van der Waals surface area contributed by atoms with Gasteiger partial charge in [0, 0.05) is 6.54 Å². The second-order valence-corrected chi connectivity index (χ2v) is 8.41. The Morgan fingerprint density at radius 2 is 2.08 bits per heavy atom. The lowest BCUT2D eigenvalue weighted by atomic mass is 9.99. The van der Waals surface area contributed by atoms with E-state index in [1.54, 1.807) is 13.8 Å². The van der Waals surface area contributed by atoms with Gasteiger partial charge >= 0.3 is 0 Å². The molecule has 0 saturated carbocycles. The van der Waals surface area contributed by atoms with Crippen LogP contribution >= 0.6 is 0 Å². The maximum absolute atomic E-state index is 13.8. The molecule has 0 aliphatic carbocycles. The minimum atomic E-state index is -4.12. The Labute approximate surface area is 148 Å². The molecule has 1 aliphatic rings. The summed E-state index contributed by atoms with van der Waals surface area (Å²) in [5.74, 6) is -1.16. The monoisotopic (exact) mass is 371 g/mol. The van der Waals surface area contributed by atoms with Gasteiger partial charge < -0.3 is 10.6 Å². The van der Waals surface area contributed by atoms with Gasteiger partial charge in [-0.3, -0.25) is 4.79 Å². The lowest BCUT2D eigenvalue weighted by Crippen LogP contribution is -2.51. The molecule has 0 aromatic heterocycles. The molecule has 2 unspecified atom stereocenters. The number of piperidine rings is 1. The first-order chi connectivity index (χ1) is 11.8. The van der Waals surface area contributed by atoms with E-state index in [-0.39, 0.29) is 11.8 Å². The summed E-state index contributed by atoms with van der Waals surface area (Å²) in [6, 6.07) is 4.16. The van der Waals surface area contributed by atoms with Crippen LogP contribution in [0.2, 0.25) is 0 Å². The van der Waals surface area contributed by atoms with Crippen LogP contribution in [0.15, 0.2) is 29.2 Å². The third-order valence-corrected chi connectivity index (χ3v) is 5.80. The highest BCUT2D eigenvalue weighted by Gasteiger charge is 2.30. The summed E-state index contributed by atoms with van der Waals surface area (Å²) in [7, 11) is -4.12. The standard InChI is InChI=1S/C17H26FN3O3S/c1-12(2)16(17(22)20-11-13-6-5-9-19-10-13)21-25(23,24)15-8-4-3-7-14(15)18/h3-4,7-8,12-13,16,19,21H,5-6,9-11H2,1-2H3,(H,20,22). The number of carbonyl (C=O) groups excluding carboxylic acids is 1. The molecule has 8 heteroatoms. The highest BCUT2D eigenvalue weighted by molar-refractivity contribution is 7.89. The van der Waals surface area contributed by atoms with Gasteiger partial charge in [0.1, 0.15) is 16.8 Å². The zero-order valence-electron chi connectivity index (χ0n) is 14.6. The number of carbonyl (C=O) groups is 1. The van der Waals surface area contributed by atoms with Crippen LogP contribution in [-0.4, -0.2) is 40.0 Å². The quantitative estimate of drug-likeness (QED) is 0.673. The van der Waals surface area contributed by atoms with E-state index in [9.17, 15) is 17.6 Å². The third kappa shape index (κ3) is 5.49. The van der Waals surface area contributed by atoms with Crippen LogP contribution in [0, 0.1) is 17.7 Å². The molecule has 1 aromatic carbocycles. The van der Waals surface area contributed by atoms with Crippen molar-refractivity contribution in [2.75, 3.05) is 19.6 Å². The fraction of sp³-hybridized carbons (Fsp3) is 0.588. The van der Waals surface area contributed by atoms with Crippen molar-refractivity contribution in [1.82, 2.24) is 15.4 Å². The molecular formula is C17H26FN3O3S. The molecule has 2 rings (SSSR count). The second-order valence-electron chi connectivity index (χ2n) is 6.73. The highest BCUT2D eigenvalue weighted by Crippen LogP contribution is 2.16. The molecular weight excluding hydrogens is 345 g/mol. The smallest absolute Gasteiger partial charge is 0.244 e. The van der Waals surface area contributed by atoms with E-state index in [0.29, 0.717) is 12.5 Å². The molecule has 140 valence electrons. The molecule has 0 bridgehead atoms. The Bertz CT molecular complexity index is 688. The molecule has 1 heterocycles. The minimum absolute atomic E-state index is 0.272. The largest absolute Gasteiger partial charge is 0.354 e. The molecule has 0 radical (unpaired) electrons. The zero-order chi connectivity index (χ0) is 18.4. The predicted molar refractivity (Wildman–Crippen MR) is 94.0 cm³/mol. The first-order valence-electron chi connectivity index (χ1n) is 8.56. The minimum Gasteiger partial charge on any atom is -0.354 e.